The minimum atomic E-state index is -0.204. The fraction of sp³-hybridized carbons (Fsp3) is 0.500. The summed E-state index contributed by atoms with van der Waals surface area (Å²) in [7, 11) is 0. The van der Waals surface area contributed by atoms with E-state index in [1.807, 2.05) is 24.3 Å². The van der Waals surface area contributed by atoms with Crippen molar-refractivity contribution in [3.8, 4) is 0 Å². The minimum Gasteiger partial charge on any atom is -0.370 e. The van der Waals surface area contributed by atoms with Crippen LogP contribution in [0.25, 0.3) is 0 Å². The van der Waals surface area contributed by atoms with Crippen LogP contribution in [0.1, 0.15) is 48.5 Å². The molecular formula is C14H18O2. The Morgan fingerprint density at radius 1 is 1.31 bits per heavy atom. The Hall–Kier alpha value is -1.15. The first-order valence-electron chi connectivity index (χ1n) is 5.94. The molecular weight excluding hydrogens is 200 g/mol. The third-order valence-corrected chi connectivity index (χ3v) is 3.08. The van der Waals surface area contributed by atoms with Gasteiger partial charge < -0.3 is 4.74 Å². The third-order valence-electron chi connectivity index (χ3n) is 3.08. The molecule has 2 nitrogen and oxygen atoms in total. The minimum absolute atomic E-state index is 0.132. The second kappa shape index (κ2) is 4.79. The van der Waals surface area contributed by atoms with Gasteiger partial charge in [0.15, 0.2) is 5.78 Å². The maximum atomic E-state index is 12.0. The van der Waals surface area contributed by atoms with Gasteiger partial charge in [0.1, 0.15) is 6.10 Å². The molecule has 1 saturated heterocycles. The number of ether oxygens (including phenoxy) is 1. The highest BCUT2D eigenvalue weighted by Crippen LogP contribution is 2.19. The van der Waals surface area contributed by atoms with E-state index in [-0.39, 0.29) is 11.9 Å². The first kappa shape index (κ1) is 11.3. The van der Waals surface area contributed by atoms with Crippen molar-refractivity contribution in [2.45, 2.75) is 38.7 Å². The number of carbonyl (C=O) groups is 1. The van der Waals surface area contributed by atoms with Gasteiger partial charge in [-0.05, 0) is 24.3 Å². The Morgan fingerprint density at radius 2 is 2.00 bits per heavy atom. The van der Waals surface area contributed by atoms with Gasteiger partial charge in [0.2, 0.25) is 0 Å². The second-order valence-electron chi connectivity index (χ2n) is 4.64. The largest absolute Gasteiger partial charge is 0.370 e. The standard InChI is InChI=1S/C14H18O2/c1-10(2)11-5-7-12(8-6-11)14(15)13-4-3-9-16-13/h5-8,10,13H,3-4,9H2,1-2H3. The summed E-state index contributed by atoms with van der Waals surface area (Å²) < 4.78 is 5.40. The van der Waals surface area contributed by atoms with E-state index < -0.39 is 0 Å². The van der Waals surface area contributed by atoms with Crippen LogP contribution in [-0.2, 0) is 4.74 Å². The molecule has 0 N–H and O–H groups in total. The van der Waals surface area contributed by atoms with E-state index >= 15 is 0 Å². The van der Waals surface area contributed by atoms with Crippen LogP contribution >= 0.6 is 0 Å². The molecule has 1 aromatic carbocycles. The molecule has 16 heavy (non-hydrogen) atoms. The van der Waals surface area contributed by atoms with Gasteiger partial charge in [-0.25, -0.2) is 0 Å². The average Bonchev–Trinajstić information content (AvgIpc) is 2.81. The van der Waals surface area contributed by atoms with Crippen molar-refractivity contribution in [2.75, 3.05) is 6.61 Å². The first-order valence-corrected chi connectivity index (χ1v) is 5.94. The second-order valence-corrected chi connectivity index (χ2v) is 4.64. The van der Waals surface area contributed by atoms with Gasteiger partial charge in [-0.3, -0.25) is 4.79 Å². The van der Waals surface area contributed by atoms with Crippen molar-refractivity contribution in [1.29, 1.82) is 0 Å². The van der Waals surface area contributed by atoms with Crippen LogP contribution in [0.2, 0.25) is 0 Å². The molecule has 1 aliphatic rings. The molecule has 2 rings (SSSR count). The normalized spacial score (nSPS) is 20.3. The number of ketones is 1. The van der Waals surface area contributed by atoms with Gasteiger partial charge in [-0.2, -0.15) is 0 Å². The number of benzene rings is 1. The summed E-state index contributed by atoms with van der Waals surface area (Å²) in [5.74, 6) is 0.639. The van der Waals surface area contributed by atoms with Gasteiger partial charge in [0.05, 0.1) is 0 Å². The van der Waals surface area contributed by atoms with E-state index in [9.17, 15) is 4.79 Å². The van der Waals surface area contributed by atoms with Crippen molar-refractivity contribution in [3.63, 3.8) is 0 Å². The number of hydrogen-bond donors (Lipinski definition) is 0. The van der Waals surface area contributed by atoms with E-state index in [2.05, 4.69) is 13.8 Å². The highest BCUT2D eigenvalue weighted by Gasteiger charge is 2.24. The number of Topliss-reactive ketones (excluding diaryl/α,β-unsaturated/α-hetero) is 1. The molecule has 1 aliphatic heterocycles. The van der Waals surface area contributed by atoms with E-state index in [1.165, 1.54) is 5.56 Å². The molecule has 0 radical (unpaired) electrons. The molecule has 1 atom stereocenters. The first-order chi connectivity index (χ1) is 7.68. The lowest BCUT2D eigenvalue weighted by molar-refractivity contribution is 0.0643. The molecule has 0 bridgehead atoms. The summed E-state index contributed by atoms with van der Waals surface area (Å²) in [4.78, 5) is 12.0. The van der Waals surface area contributed by atoms with E-state index in [4.69, 9.17) is 4.74 Å². The number of rotatable bonds is 3. The molecule has 0 spiro atoms. The van der Waals surface area contributed by atoms with Crippen molar-refractivity contribution in [3.05, 3.63) is 35.4 Å². The molecule has 0 aromatic heterocycles. The van der Waals surface area contributed by atoms with Gasteiger partial charge in [-0.15, -0.1) is 0 Å². The van der Waals surface area contributed by atoms with Gasteiger partial charge in [-0.1, -0.05) is 38.1 Å². The molecule has 1 aromatic rings. The summed E-state index contributed by atoms with van der Waals surface area (Å²) in [6.45, 7) is 5.02. The predicted molar refractivity (Wildman–Crippen MR) is 63.8 cm³/mol. The van der Waals surface area contributed by atoms with Crippen LogP contribution < -0.4 is 0 Å². The zero-order valence-electron chi connectivity index (χ0n) is 9.90. The summed E-state index contributed by atoms with van der Waals surface area (Å²) in [5.41, 5.74) is 2.04. The fourth-order valence-corrected chi connectivity index (χ4v) is 2.00. The number of hydrogen-bond acceptors (Lipinski definition) is 2. The Labute approximate surface area is 96.6 Å². The molecule has 0 saturated carbocycles. The Bertz CT molecular complexity index is 359. The SMILES string of the molecule is CC(C)c1ccc(C(=O)C2CCCO2)cc1. The lowest BCUT2D eigenvalue weighted by Crippen LogP contribution is -2.19. The van der Waals surface area contributed by atoms with E-state index in [0.717, 1.165) is 25.0 Å². The van der Waals surface area contributed by atoms with Gasteiger partial charge in [0.25, 0.3) is 0 Å². The average molecular weight is 218 g/mol. The van der Waals surface area contributed by atoms with Crippen LogP contribution in [0.4, 0.5) is 0 Å². The molecule has 1 fully saturated rings. The third kappa shape index (κ3) is 2.33. The van der Waals surface area contributed by atoms with Gasteiger partial charge >= 0.3 is 0 Å². The molecule has 0 aliphatic carbocycles. The molecule has 0 amide bonds. The molecule has 1 heterocycles. The smallest absolute Gasteiger partial charge is 0.191 e. The number of carbonyl (C=O) groups excluding carboxylic acids is 1. The lowest BCUT2D eigenvalue weighted by atomic mass is 9.98. The zero-order valence-corrected chi connectivity index (χ0v) is 9.90. The topological polar surface area (TPSA) is 26.3 Å². The molecule has 2 heteroatoms. The van der Waals surface area contributed by atoms with Crippen LogP contribution in [0, 0.1) is 0 Å². The highest BCUT2D eigenvalue weighted by atomic mass is 16.5. The molecule has 1 unspecified atom stereocenters. The van der Waals surface area contributed by atoms with Crippen molar-refractivity contribution < 1.29 is 9.53 Å². The quantitative estimate of drug-likeness (QED) is 0.728. The van der Waals surface area contributed by atoms with Crippen molar-refractivity contribution in [1.82, 2.24) is 0 Å². The summed E-state index contributed by atoms with van der Waals surface area (Å²) in [6, 6.07) is 7.90. The Balaban J connectivity index is 2.11. The highest BCUT2D eigenvalue weighted by molar-refractivity contribution is 5.99. The Kier molecular flexibility index (Phi) is 3.39. The maximum absolute atomic E-state index is 12.0. The van der Waals surface area contributed by atoms with Gasteiger partial charge in [0, 0.05) is 12.2 Å². The monoisotopic (exact) mass is 218 g/mol. The molecule has 86 valence electrons. The van der Waals surface area contributed by atoms with E-state index in [1.54, 1.807) is 0 Å². The predicted octanol–water partition coefficient (Wildman–Crippen LogP) is 3.17. The lowest BCUT2D eigenvalue weighted by Gasteiger charge is -2.10. The van der Waals surface area contributed by atoms with E-state index in [0.29, 0.717) is 5.92 Å². The van der Waals surface area contributed by atoms with Crippen LogP contribution in [-0.4, -0.2) is 18.5 Å². The van der Waals surface area contributed by atoms with Crippen molar-refractivity contribution >= 4 is 5.78 Å². The summed E-state index contributed by atoms with van der Waals surface area (Å²) in [6.07, 6.45) is 1.66. The zero-order chi connectivity index (χ0) is 11.5. The van der Waals surface area contributed by atoms with Crippen LogP contribution in [0.5, 0.6) is 0 Å². The fourth-order valence-electron chi connectivity index (χ4n) is 2.00. The van der Waals surface area contributed by atoms with Crippen molar-refractivity contribution in [2.24, 2.45) is 0 Å². The van der Waals surface area contributed by atoms with Crippen LogP contribution in [0.15, 0.2) is 24.3 Å². The maximum Gasteiger partial charge on any atom is 0.191 e. The Morgan fingerprint density at radius 3 is 2.50 bits per heavy atom. The summed E-state index contributed by atoms with van der Waals surface area (Å²) >= 11 is 0. The summed E-state index contributed by atoms with van der Waals surface area (Å²) in [5, 5.41) is 0. The van der Waals surface area contributed by atoms with Crippen LogP contribution in [0.3, 0.4) is 0 Å².